The number of ketones is 1. The third-order valence-electron chi connectivity index (χ3n) is 5.75. The summed E-state index contributed by atoms with van der Waals surface area (Å²) in [5.74, 6) is -0.820. The van der Waals surface area contributed by atoms with Crippen LogP contribution in [0.4, 0.5) is 0 Å². The summed E-state index contributed by atoms with van der Waals surface area (Å²) >= 11 is 0. The predicted octanol–water partition coefficient (Wildman–Crippen LogP) is 3.43. The number of benzene rings is 2. The number of piperidine rings is 1. The Hall–Kier alpha value is -2.54. The molecule has 6 heteroatoms. The Balaban J connectivity index is 1.45. The van der Waals surface area contributed by atoms with E-state index in [4.69, 9.17) is 14.2 Å². The molecule has 2 fully saturated rings. The highest BCUT2D eigenvalue weighted by Gasteiger charge is 2.39. The minimum absolute atomic E-state index is 0.0445. The molecule has 0 radical (unpaired) electrons. The molecule has 6 nitrogen and oxygen atoms in total. The lowest BCUT2D eigenvalue weighted by Crippen LogP contribution is -2.44. The van der Waals surface area contributed by atoms with E-state index in [1.165, 1.54) is 0 Å². The van der Waals surface area contributed by atoms with E-state index in [0.29, 0.717) is 43.1 Å². The first-order chi connectivity index (χ1) is 14.6. The molecule has 2 aromatic carbocycles. The van der Waals surface area contributed by atoms with Crippen LogP contribution < -0.4 is 0 Å². The van der Waals surface area contributed by atoms with E-state index in [2.05, 4.69) is 4.90 Å². The van der Waals surface area contributed by atoms with Gasteiger partial charge in [0.25, 0.3) is 0 Å². The molecule has 1 spiro atoms. The van der Waals surface area contributed by atoms with Crippen molar-refractivity contribution in [1.82, 2.24) is 4.90 Å². The number of carbonyl (C=O) groups is 2. The van der Waals surface area contributed by atoms with Crippen LogP contribution in [0.1, 0.15) is 51.6 Å². The van der Waals surface area contributed by atoms with Crippen molar-refractivity contribution in [3.05, 3.63) is 70.8 Å². The Labute approximate surface area is 176 Å². The zero-order valence-electron chi connectivity index (χ0n) is 17.3. The van der Waals surface area contributed by atoms with Gasteiger partial charge in [0.1, 0.15) is 0 Å². The average Bonchev–Trinajstić information content (AvgIpc) is 3.24. The number of rotatable bonds is 6. The molecule has 2 heterocycles. The first kappa shape index (κ1) is 20.7. The molecule has 4 rings (SSSR count). The van der Waals surface area contributed by atoms with Gasteiger partial charge < -0.3 is 14.2 Å². The summed E-state index contributed by atoms with van der Waals surface area (Å²) in [6.07, 6.45) is 1.69. The van der Waals surface area contributed by atoms with Gasteiger partial charge in [-0.25, -0.2) is 4.79 Å². The molecular formula is C24H27NO5. The van der Waals surface area contributed by atoms with Gasteiger partial charge in [-0.2, -0.15) is 0 Å². The second-order valence-electron chi connectivity index (χ2n) is 7.67. The maximum Gasteiger partial charge on any atom is 0.338 e. The van der Waals surface area contributed by atoms with Crippen LogP contribution in [0.2, 0.25) is 0 Å². The summed E-state index contributed by atoms with van der Waals surface area (Å²) in [5.41, 5.74) is 2.69. The van der Waals surface area contributed by atoms with Gasteiger partial charge in [-0.05, 0) is 24.6 Å². The highest BCUT2D eigenvalue weighted by atomic mass is 16.7. The normalized spacial score (nSPS) is 18.4. The van der Waals surface area contributed by atoms with Crippen molar-refractivity contribution < 1.29 is 23.8 Å². The van der Waals surface area contributed by atoms with Crippen molar-refractivity contribution in [1.29, 1.82) is 0 Å². The fraction of sp³-hybridized carbons (Fsp3) is 0.417. The molecule has 0 atom stereocenters. The van der Waals surface area contributed by atoms with Crippen molar-refractivity contribution in [2.24, 2.45) is 0 Å². The molecule has 2 aromatic rings. The van der Waals surface area contributed by atoms with E-state index in [-0.39, 0.29) is 11.8 Å². The maximum absolute atomic E-state index is 13.1. The Morgan fingerprint density at radius 1 is 0.967 bits per heavy atom. The minimum atomic E-state index is -0.396. The summed E-state index contributed by atoms with van der Waals surface area (Å²) in [7, 11) is 0. The van der Waals surface area contributed by atoms with Gasteiger partial charge in [0, 0.05) is 43.6 Å². The summed E-state index contributed by atoms with van der Waals surface area (Å²) in [4.78, 5) is 27.3. The molecule has 0 unspecified atom stereocenters. The summed E-state index contributed by atoms with van der Waals surface area (Å²) in [6.45, 7) is 5.89. The fourth-order valence-electron chi connectivity index (χ4n) is 4.09. The first-order valence-electron chi connectivity index (χ1n) is 10.5. The van der Waals surface area contributed by atoms with Crippen molar-refractivity contribution in [3.63, 3.8) is 0 Å². The zero-order chi connectivity index (χ0) is 21.0. The Morgan fingerprint density at radius 2 is 1.60 bits per heavy atom. The largest absolute Gasteiger partial charge is 0.462 e. The Bertz CT molecular complexity index is 892. The van der Waals surface area contributed by atoms with Gasteiger partial charge in [-0.1, -0.05) is 36.4 Å². The molecule has 0 aliphatic carbocycles. The third-order valence-corrected chi connectivity index (χ3v) is 5.75. The first-order valence-corrected chi connectivity index (χ1v) is 10.5. The van der Waals surface area contributed by atoms with Crippen LogP contribution in [0.5, 0.6) is 0 Å². The second-order valence-corrected chi connectivity index (χ2v) is 7.67. The van der Waals surface area contributed by atoms with E-state index in [9.17, 15) is 9.59 Å². The zero-order valence-corrected chi connectivity index (χ0v) is 17.3. The standard InChI is InChI=1S/C24H27NO5/c1-2-28-23(27)19-9-7-18(8-10-19)22(26)21-6-4-3-5-20(21)17-25-13-11-24(12-14-25)29-15-16-30-24/h3-10H,2,11-17H2,1H3. The molecule has 0 aromatic heterocycles. The van der Waals surface area contributed by atoms with Gasteiger partial charge in [-0.15, -0.1) is 0 Å². The second kappa shape index (κ2) is 9.08. The van der Waals surface area contributed by atoms with Crippen LogP contribution in [0, 0.1) is 0 Å². The van der Waals surface area contributed by atoms with Crippen LogP contribution in [0.3, 0.4) is 0 Å². The lowest BCUT2D eigenvalue weighted by atomic mass is 9.96. The fourth-order valence-corrected chi connectivity index (χ4v) is 4.09. The smallest absolute Gasteiger partial charge is 0.338 e. The number of likely N-dealkylation sites (tertiary alicyclic amines) is 1. The van der Waals surface area contributed by atoms with E-state index in [0.717, 1.165) is 31.5 Å². The summed E-state index contributed by atoms with van der Waals surface area (Å²) in [6, 6.07) is 14.4. The van der Waals surface area contributed by atoms with Crippen LogP contribution in [-0.4, -0.2) is 55.3 Å². The van der Waals surface area contributed by atoms with Crippen LogP contribution in [0.15, 0.2) is 48.5 Å². The molecule has 2 aliphatic heterocycles. The van der Waals surface area contributed by atoms with Crippen molar-refractivity contribution >= 4 is 11.8 Å². The predicted molar refractivity (Wildman–Crippen MR) is 111 cm³/mol. The molecule has 2 saturated heterocycles. The van der Waals surface area contributed by atoms with Crippen LogP contribution in [0.25, 0.3) is 0 Å². The third kappa shape index (κ3) is 4.46. The van der Waals surface area contributed by atoms with Crippen molar-refractivity contribution in [3.8, 4) is 0 Å². The molecular weight excluding hydrogens is 382 g/mol. The number of hydrogen-bond donors (Lipinski definition) is 0. The molecule has 158 valence electrons. The van der Waals surface area contributed by atoms with Gasteiger partial charge in [0.05, 0.1) is 25.4 Å². The van der Waals surface area contributed by atoms with E-state index in [1.54, 1.807) is 31.2 Å². The number of hydrogen-bond acceptors (Lipinski definition) is 6. The lowest BCUT2D eigenvalue weighted by molar-refractivity contribution is -0.185. The van der Waals surface area contributed by atoms with Gasteiger partial charge in [-0.3, -0.25) is 9.69 Å². The highest BCUT2D eigenvalue weighted by Crippen LogP contribution is 2.32. The number of ether oxygens (including phenoxy) is 3. The van der Waals surface area contributed by atoms with Gasteiger partial charge >= 0.3 is 5.97 Å². The number of carbonyl (C=O) groups excluding carboxylic acids is 2. The molecule has 0 saturated carbocycles. The molecule has 0 bridgehead atoms. The van der Waals surface area contributed by atoms with Crippen LogP contribution in [-0.2, 0) is 20.8 Å². The molecule has 0 amide bonds. The molecule has 30 heavy (non-hydrogen) atoms. The van der Waals surface area contributed by atoms with Crippen LogP contribution >= 0.6 is 0 Å². The van der Waals surface area contributed by atoms with Gasteiger partial charge in [0.15, 0.2) is 11.6 Å². The molecule has 2 aliphatic rings. The minimum Gasteiger partial charge on any atom is -0.462 e. The Morgan fingerprint density at radius 3 is 2.27 bits per heavy atom. The lowest BCUT2D eigenvalue weighted by Gasteiger charge is -2.37. The highest BCUT2D eigenvalue weighted by molar-refractivity contribution is 6.10. The van der Waals surface area contributed by atoms with E-state index in [1.807, 2.05) is 24.3 Å². The quantitative estimate of drug-likeness (QED) is 0.538. The maximum atomic E-state index is 13.1. The summed E-state index contributed by atoms with van der Waals surface area (Å²) < 4.78 is 16.6. The van der Waals surface area contributed by atoms with Crippen molar-refractivity contribution in [2.45, 2.75) is 32.1 Å². The molecule has 0 N–H and O–H groups in total. The average molecular weight is 409 g/mol. The summed E-state index contributed by atoms with van der Waals surface area (Å²) in [5, 5.41) is 0. The number of esters is 1. The number of nitrogens with zero attached hydrogens (tertiary/aromatic N) is 1. The van der Waals surface area contributed by atoms with E-state index >= 15 is 0 Å². The topological polar surface area (TPSA) is 65.1 Å². The SMILES string of the molecule is CCOC(=O)c1ccc(C(=O)c2ccccc2CN2CCC3(CC2)OCCO3)cc1. The van der Waals surface area contributed by atoms with E-state index < -0.39 is 5.79 Å². The van der Waals surface area contributed by atoms with Crippen molar-refractivity contribution in [2.75, 3.05) is 32.9 Å². The monoisotopic (exact) mass is 409 g/mol. The Kier molecular flexibility index (Phi) is 6.27. The van der Waals surface area contributed by atoms with Gasteiger partial charge in [0.2, 0.25) is 0 Å².